The summed E-state index contributed by atoms with van der Waals surface area (Å²) in [5.41, 5.74) is 17.7. The van der Waals surface area contributed by atoms with Crippen LogP contribution in [0.4, 0.5) is 18.9 Å². The van der Waals surface area contributed by atoms with Gasteiger partial charge in [-0.25, -0.2) is 4.98 Å². The molecule has 208 valence electrons. The number of nitrogens with one attached hydrogen (secondary N) is 3. The number of aromatic amines is 1. The number of pyridine rings is 1. The molecule has 0 fully saturated rings. The molecule has 0 saturated carbocycles. The van der Waals surface area contributed by atoms with Crippen molar-refractivity contribution in [3.8, 4) is 0 Å². The number of aromatic nitrogens is 1. The van der Waals surface area contributed by atoms with E-state index < -0.39 is 41.5 Å². The molecule has 0 saturated heterocycles. The molecule has 13 heteroatoms. The Balaban J connectivity index is 1.82. The van der Waals surface area contributed by atoms with Crippen LogP contribution >= 0.6 is 0 Å². The third-order valence-electron chi connectivity index (χ3n) is 5.93. The quantitative estimate of drug-likeness (QED) is 0.218. The number of para-hydroxylation sites is 1. The maximum atomic E-state index is 13.3. The average Bonchev–Trinajstić information content (AvgIpc) is 2.91. The van der Waals surface area contributed by atoms with Crippen molar-refractivity contribution in [3.63, 3.8) is 0 Å². The first-order chi connectivity index (χ1) is 18.5. The number of nitrogens with zero attached hydrogens (tertiary/aromatic N) is 1. The highest BCUT2D eigenvalue weighted by Crippen LogP contribution is 2.29. The zero-order valence-corrected chi connectivity index (χ0v) is 21.0. The maximum Gasteiger partial charge on any atom is 0.416 e. The number of hydrogen-bond acceptors (Lipinski definition) is 6. The number of alkyl halides is 3. The second-order valence-corrected chi connectivity index (χ2v) is 8.81. The Hall–Kier alpha value is -4.07. The van der Waals surface area contributed by atoms with E-state index in [1.54, 1.807) is 12.3 Å². The van der Waals surface area contributed by atoms with Crippen molar-refractivity contribution in [1.82, 2.24) is 10.2 Å². The van der Waals surface area contributed by atoms with Gasteiger partial charge < -0.3 is 32.7 Å². The monoisotopic (exact) mass is 546 g/mol. The number of halogens is 3. The molecule has 0 aliphatic rings. The van der Waals surface area contributed by atoms with Gasteiger partial charge >= 0.3 is 6.18 Å². The first-order valence-electron chi connectivity index (χ1n) is 12.2. The lowest BCUT2D eigenvalue weighted by Gasteiger charge is -2.25. The molecule has 0 bridgehead atoms. The van der Waals surface area contributed by atoms with Crippen LogP contribution in [0.2, 0.25) is 0 Å². The zero-order valence-electron chi connectivity index (χ0n) is 21.0. The van der Waals surface area contributed by atoms with Crippen molar-refractivity contribution < 1.29 is 32.5 Å². The number of benzene rings is 2. The van der Waals surface area contributed by atoms with E-state index in [0.29, 0.717) is 11.3 Å². The summed E-state index contributed by atoms with van der Waals surface area (Å²) in [4.78, 5) is 43.2. The van der Waals surface area contributed by atoms with Gasteiger partial charge in [-0.05, 0) is 29.8 Å². The van der Waals surface area contributed by atoms with Gasteiger partial charge in [0.1, 0.15) is 11.7 Å². The Morgan fingerprint density at radius 3 is 2.21 bits per heavy atom. The number of nitrogens with two attached hydrogens (primary N) is 3. The number of H-pyrrole nitrogens is 1. The lowest BCUT2D eigenvalue weighted by Crippen LogP contribution is -2.57. The molecule has 0 aliphatic carbocycles. The highest BCUT2D eigenvalue weighted by molar-refractivity contribution is 6.06. The van der Waals surface area contributed by atoms with Gasteiger partial charge in [-0.15, -0.1) is 0 Å². The van der Waals surface area contributed by atoms with E-state index in [-0.39, 0.29) is 32.6 Å². The SMILES string of the molecule is NCCN(CCN)C(=O)C(N)C(=O)N[C@@H](Cc1ccc(C(F)(F)F)cc1)C(=O)Nc1c[nH+]c2ccccc2c1. The van der Waals surface area contributed by atoms with Crippen LogP contribution in [0.15, 0.2) is 60.8 Å². The number of amides is 3. The van der Waals surface area contributed by atoms with Crippen LogP contribution in [0.5, 0.6) is 0 Å². The maximum absolute atomic E-state index is 13.3. The summed E-state index contributed by atoms with van der Waals surface area (Å²) in [5, 5.41) is 5.97. The van der Waals surface area contributed by atoms with Crippen molar-refractivity contribution >= 4 is 34.3 Å². The van der Waals surface area contributed by atoms with Crippen molar-refractivity contribution in [3.05, 3.63) is 71.9 Å². The molecule has 0 spiro atoms. The third kappa shape index (κ3) is 7.96. The Morgan fingerprint density at radius 2 is 1.59 bits per heavy atom. The van der Waals surface area contributed by atoms with Crippen LogP contribution in [0.1, 0.15) is 11.1 Å². The first kappa shape index (κ1) is 29.5. The zero-order chi connectivity index (χ0) is 28.6. The van der Waals surface area contributed by atoms with Crippen molar-refractivity contribution in [2.75, 3.05) is 31.5 Å². The van der Waals surface area contributed by atoms with Crippen LogP contribution in [0.25, 0.3) is 10.9 Å². The lowest BCUT2D eigenvalue weighted by atomic mass is 10.0. The standard InChI is InChI=1S/C26H30F3N7O3/c27-26(28,29)18-7-5-16(6-8-18)13-21(35-24(38)22(32)25(39)36(11-9-30)12-10-31)23(37)34-19-14-17-3-1-2-4-20(17)33-15-19/h1-8,14-15,21-22H,9-13,30-32H2,(H,34,37)(H,35,38)/p+1/t21-,22?/m0/s1. The molecule has 39 heavy (non-hydrogen) atoms. The second-order valence-electron chi connectivity index (χ2n) is 8.81. The molecular formula is C26H31F3N7O3+. The van der Waals surface area contributed by atoms with E-state index in [1.807, 2.05) is 24.3 Å². The summed E-state index contributed by atoms with van der Waals surface area (Å²) in [7, 11) is 0. The predicted octanol–water partition coefficient (Wildman–Crippen LogP) is 0.412. The van der Waals surface area contributed by atoms with Gasteiger partial charge in [0.05, 0.1) is 5.56 Å². The summed E-state index contributed by atoms with van der Waals surface area (Å²) in [6.07, 6.45) is -3.13. The number of carbonyl (C=O) groups is 3. The molecule has 2 atom stereocenters. The topological polar surface area (TPSA) is 171 Å². The number of fused-ring (bicyclic) bond motifs is 1. The van der Waals surface area contributed by atoms with Crippen LogP contribution in [-0.4, -0.2) is 60.9 Å². The Kier molecular flexibility index (Phi) is 9.93. The Labute approximate surface area is 222 Å². The van der Waals surface area contributed by atoms with E-state index in [9.17, 15) is 27.6 Å². The van der Waals surface area contributed by atoms with Crippen LogP contribution in [-0.2, 0) is 27.0 Å². The molecule has 1 heterocycles. The fourth-order valence-corrected chi connectivity index (χ4v) is 3.91. The number of rotatable bonds is 11. The van der Waals surface area contributed by atoms with Gasteiger partial charge in [-0.2, -0.15) is 13.2 Å². The normalized spacial score (nSPS) is 13.0. The minimum Gasteiger partial charge on any atom is -0.342 e. The molecule has 10 nitrogen and oxygen atoms in total. The first-order valence-corrected chi connectivity index (χ1v) is 12.2. The predicted molar refractivity (Wildman–Crippen MR) is 139 cm³/mol. The third-order valence-corrected chi connectivity index (χ3v) is 5.93. The molecule has 3 aromatic rings. The molecule has 0 aliphatic heterocycles. The van der Waals surface area contributed by atoms with E-state index in [0.717, 1.165) is 23.0 Å². The van der Waals surface area contributed by atoms with Crippen molar-refractivity contribution in [2.45, 2.75) is 24.7 Å². The Morgan fingerprint density at radius 1 is 0.949 bits per heavy atom. The smallest absolute Gasteiger partial charge is 0.342 e. The van der Waals surface area contributed by atoms with Gasteiger partial charge in [-0.1, -0.05) is 24.3 Å². The molecule has 3 rings (SSSR count). The van der Waals surface area contributed by atoms with Gasteiger partial charge in [-0.3, -0.25) is 14.4 Å². The van der Waals surface area contributed by atoms with E-state index in [4.69, 9.17) is 17.2 Å². The summed E-state index contributed by atoms with van der Waals surface area (Å²) in [6, 6.07) is 10.4. The fraction of sp³-hybridized carbons (Fsp3) is 0.308. The highest BCUT2D eigenvalue weighted by Gasteiger charge is 2.32. The summed E-state index contributed by atoms with van der Waals surface area (Å²) < 4.78 is 39.0. The van der Waals surface area contributed by atoms with Crippen molar-refractivity contribution in [2.24, 2.45) is 17.2 Å². The van der Waals surface area contributed by atoms with Crippen LogP contribution in [0, 0.1) is 0 Å². The molecule has 3 amide bonds. The van der Waals surface area contributed by atoms with E-state index in [2.05, 4.69) is 15.6 Å². The van der Waals surface area contributed by atoms with E-state index in [1.165, 1.54) is 17.0 Å². The summed E-state index contributed by atoms with van der Waals surface area (Å²) in [6.45, 7) is 0.513. The van der Waals surface area contributed by atoms with Gasteiger partial charge in [0, 0.05) is 44.1 Å². The highest BCUT2D eigenvalue weighted by atomic mass is 19.4. The van der Waals surface area contributed by atoms with Gasteiger partial charge in [0.2, 0.25) is 23.2 Å². The van der Waals surface area contributed by atoms with Crippen LogP contribution in [0.3, 0.4) is 0 Å². The molecular weight excluding hydrogens is 515 g/mol. The molecule has 1 aromatic heterocycles. The Bertz CT molecular complexity index is 1300. The molecule has 1 unspecified atom stereocenters. The molecule has 9 N–H and O–H groups in total. The summed E-state index contributed by atoms with van der Waals surface area (Å²) in [5.74, 6) is -2.32. The van der Waals surface area contributed by atoms with Gasteiger partial charge in [0.15, 0.2) is 12.2 Å². The van der Waals surface area contributed by atoms with Crippen molar-refractivity contribution in [1.29, 1.82) is 0 Å². The summed E-state index contributed by atoms with van der Waals surface area (Å²) >= 11 is 0. The second kappa shape index (κ2) is 13.1. The van der Waals surface area contributed by atoms with E-state index >= 15 is 0 Å². The average molecular weight is 547 g/mol. The minimum absolute atomic E-state index is 0.127. The number of hydrogen-bond donors (Lipinski definition) is 5. The lowest BCUT2D eigenvalue weighted by molar-refractivity contribution is -0.343. The molecule has 0 radical (unpaired) electrons. The number of carbonyl (C=O) groups excluding carboxylic acids is 3. The fourth-order valence-electron chi connectivity index (χ4n) is 3.91. The van der Waals surface area contributed by atoms with Gasteiger partial charge in [0.25, 0.3) is 0 Å². The minimum atomic E-state index is -4.53. The van der Waals surface area contributed by atoms with Crippen LogP contribution < -0.4 is 32.8 Å². The largest absolute Gasteiger partial charge is 0.416 e. The molecule has 2 aromatic carbocycles. The number of anilines is 1.